The molecule has 0 aromatic rings. The smallest absolute Gasteiger partial charge is 0.462 e. The number of hydrogen-bond acceptors (Lipinski definition) is 15. The highest BCUT2D eigenvalue weighted by atomic mass is 31.2. The predicted molar refractivity (Wildman–Crippen MR) is 368 cm³/mol. The molecule has 17 nitrogen and oxygen atoms in total. The number of carbonyl (C=O) groups excluding carboxylic acids is 4. The molecular weight excluding hydrogens is 1200 g/mol. The van der Waals surface area contributed by atoms with Crippen LogP contribution in [0.4, 0.5) is 0 Å². The number of ether oxygens (including phenoxy) is 4. The Morgan fingerprint density at radius 2 is 0.505 bits per heavy atom. The first-order valence-electron chi connectivity index (χ1n) is 37.6. The van der Waals surface area contributed by atoms with Gasteiger partial charge in [-0.2, -0.15) is 0 Å². The van der Waals surface area contributed by atoms with Crippen LogP contribution in [-0.2, 0) is 65.4 Å². The number of esters is 4. The zero-order chi connectivity index (χ0) is 67.0. The van der Waals surface area contributed by atoms with Crippen LogP contribution in [0.2, 0.25) is 0 Å². The van der Waals surface area contributed by atoms with Gasteiger partial charge in [-0.25, -0.2) is 9.13 Å². The Bertz CT molecular complexity index is 1750. The molecule has 0 saturated heterocycles. The van der Waals surface area contributed by atoms with E-state index < -0.39 is 97.5 Å². The predicted octanol–water partition coefficient (Wildman–Crippen LogP) is 20.9. The van der Waals surface area contributed by atoms with Crippen LogP contribution in [0, 0.1) is 5.92 Å². The monoisotopic (exact) mass is 1340 g/mol. The molecule has 2 unspecified atom stereocenters. The molecule has 0 aromatic carbocycles. The van der Waals surface area contributed by atoms with E-state index in [1.807, 2.05) is 0 Å². The molecule has 0 rings (SSSR count). The maximum Gasteiger partial charge on any atom is 0.472 e. The Hall–Kier alpha value is -1.94. The van der Waals surface area contributed by atoms with E-state index >= 15 is 0 Å². The Balaban J connectivity index is 5.21. The largest absolute Gasteiger partial charge is 0.472 e. The highest BCUT2D eigenvalue weighted by Gasteiger charge is 2.30. The van der Waals surface area contributed by atoms with Gasteiger partial charge in [-0.15, -0.1) is 0 Å². The Morgan fingerprint density at radius 3 is 0.747 bits per heavy atom. The molecule has 540 valence electrons. The highest BCUT2D eigenvalue weighted by molar-refractivity contribution is 7.47. The van der Waals surface area contributed by atoms with Crippen LogP contribution in [0.1, 0.15) is 375 Å². The molecule has 3 N–H and O–H groups in total. The number of phosphoric ester groups is 2. The fraction of sp³-hybridized carbons (Fsp3) is 0.944. The lowest BCUT2D eigenvalue weighted by Crippen LogP contribution is -2.30. The van der Waals surface area contributed by atoms with Crippen LogP contribution < -0.4 is 0 Å². The zero-order valence-electron chi connectivity index (χ0n) is 59.0. The summed E-state index contributed by atoms with van der Waals surface area (Å²) in [5.41, 5.74) is 0. The summed E-state index contributed by atoms with van der Waals surface area (Å²) in [5, 5.41) is 10.6. The van der Waals surface area contributed by atoms with Gasteiger partial charge < -0.3 is 33.8 Å². The van der Waals surface area contributed by atoms with E-state index in [2.05, 4.69) is 34.6 Å². The zero-order valence-corrected chi connectivity index (χ0v) is 60.8. The third-order valence-corrected chi connectivity index (χ3v) is 18.7. The van der Waals surface area contributed by atoms with Crippen LogP contribution in [0.5, 0.6) is 0 Å². The topological polar surface area (TPSA) is 237 Å². The van der Waals surface area contributed by atoms with Gasteiger partial charge in [0.2, 0.25) is 0 Å². The minimum Gasteiger partial charge on any atom is -0.462 e. The molecule has 0 amide bonds. The lowest BCUT2D eigenvalue weighted by Gasteiger charge is -2.21. The number of rotatable bonds is 72. The molecule has 0 aliphatic carbocycles. The molecule has 0 aliphatic rings. The summed E-state index contributed by atoms with van der Waals surface area (Å²) < 4.78 is 68.3. The van der Waals surface area contributed by atoms with E-state index in [0.717, 1.165) is 95.8 Å². The summed E-state index contributed by atoms with van der Waals surface area (Å²) in [6.45, 7) is 7.25. The van der Waals surface area contributed by atoms with E-state index in [-0.39, 0.29) is 25.7 Å². The summed E-state index contributed by atoms with van der Waals surface area (Å²) in [6.07, 6.45) is 52.7. The lowest BCUT2D eigenvalue weighted by molar-refractivity contribution is -0.161. The molecule has 0 spiro atoms. The van der Waals surface area contributed by atoms with Gasteiger partial charge in [-0.1, -0.05) is 324 Å². The fourth-order valence-electron chi connectivity index (χ4n) is 11.0. The van der Waals surface area contributed by atoms with Gasteiger partial charge in [0, 0.05) is 25.7 Å². The normalized spacial score (nSPS) is 14.0. The maximum atomic E-state index is 13.0. The number of carbonyl (C=O) groups is 4. The van der Waals surface area contributed by atoms with E-state index in [4.69, 9.17) is 37.0 Å². The number of phosphoric acid groups is 2. The molecule has 19 heteroatoms. The van der Waals surface area contributed by atoms with Crippen LogP contribution in [0.15, 0.2) is 0 Å². The van der Waals surface area contributed by atoms with Crippen molar-refractivity contribution in [2.75, 3.05) is 39.6 Å². The molecule has 0 saturated carbocycles. The summed E-state index contributed by atoms with van der Waals surface area (Å²) in [6, 6.07) is 0. The van der Waals surface area contributed by atoms with Crippen LogP contribution in [0.3, 0.4) is 0 Å². The van der Waals surface area contributed by atoms with Crippen LogP contribution in [-0.4, -0.2) is 96.7 Å². The third-order valence-electron chi connectivity index (χ3n) is 16.8. The second-order valence-corrected chi connectivity index (χ2v) is 29.4. The molecule has 0 fully saturated rings. The number of hydrogen-bond donors (Lipinski definition) is 3. The molecule has 0 heterocycles. The van der Waals surface area contributed by atoms with Crippen molar-refractivity contribution in [3.05, 3.63) is 0 Å². The van der Waals surface area contributed by atoms with E-state index in [9.17, 15) is 43.2 Å². The average Bonchev–Trinajstić information content (AvgIpc) is 3.69. The van der Waals surface area contributed by atoms with Crippen LogP contribution in [0.25, 0.3) is 0 Å². The van der Waals surface area contributed by atoms with Crippen LogP contribution >= 0.6 is 15.6 Å². The SMILES string of the molecule is CCCCCCCCCCCCCCCCCCCC(=O)O[C@H](COC(=O)CCCCCCCCCCCCCCC(C)C)COP(=O)(O)OC[C@@H](O)COP(=O)(O)OC[C@@H](COC(=O)CCCCCCCCCCC)OC(=O)CCCCCCCCCCCC. The second kappa shape index (κ2) is 65.4. The first-order chi connectivity index (χ1) is 44.0. The summed E-state index contributed by atoms with van der Waals surface area (Å²) in [5.74, 6) is -1.34. The Labute approximate surface area is 556 Å². The fourth-order valence-corrected chi connectivity index (χ4v) is 12.6. The minimum absolute atomic E-state index is 0.107. The van der Waals surface area contributed by atoms with Crippen molar-refractivity contribution in [2.24, 2.45) is 5.92 Å². The summed E-state index contributed by atoms with van der Waals surface area (Å²) >= 11 is 0. The molecule has 0 aromatic heterocycles. The average molecular weight is 1340 g/mol. The minimum atomic E-state index is -4.95. The van der Waals surface area contributed by atoms with Crippen molar-refractivity contribution in [3.8, 4) is 0 Å². The highest BCUT2D eigenvalue weighted by Crippen LogP contribution is 2.45. The van der Waals surface area contributed by atoms with E-state index in [0.29, 0.717) is 25.7 Å². The summed E-state index contributed by atoms with van der Waals surface area (Å²) in [4.78, 5) is 72.5. The van der Waals surface area contributed by atoms with Gasteiger partial charge in [0.15, 0.2) is 12.2 Å². The standard InChI is InChI=1S/C72H140O17P2/c1-6-9-12-15-18-21-23-24-25-26-27-28-33-38-43-48-53-58-72(77)89-68(62-83-70(75)56-51-46-41-37-32-30-29-31-35-39-44-49-54-65(4)5)64-87-91(80,81)85-60-66(73)59-84-90(78,79)86-63-67(61-82-69(74)55-50-45-40-34-20-17-14-11-8-3)88-71(76)57-52-47-42-36-22-19-16-13-10-7-2/h65-68,73H,6-64H2,1-5H3,(H,78,79)(H,80,81)/t66-,67+,68+/m0/s1. The Morgan fingerprint density at radius 1 is 0.297 bits per heavy atom. The first-order valence-corrected chi connectivity index (χ1v) is 40.6. The summed E-state index contributed by atoms with van der Waals surface area (Å²) in [7, 11) is -9.90. The third kappa shape index (κ3) is 66.5. The van der Waals surface area contributed by atoms with Gasteiger partial charge in [-0.3, -0.25) is 37.3 Å². The Kier molecular flexibility index (Phi) is 64.0. The van der Waals surface area contributed by atoms with Gasteiger partial charge in [0.05, 0.1) is 26.4 Å². The quantitative estimate of drug-likeness (QED) is 0.0222. The second-order valence-electron chi connectivity index (χ2n) is 26.5. The number of unbranched alkanes of at least 4 members (excludes halogenated alkanes) is 44. The van der Waals surface area contributed by atoms with Gasteiger partial charge >= 0.3 is 39.5 Å². The number of aliphatic hydroxyl groups excluding tert-OH is 1. The molecule has 0 aliphatic heterocycles. The van der Waals surface area contributed by atoms with Crippen molar-refractivity contribution >= 4 is 39.5 Å². The molecule has 0 radical (unpaired) electrons. The van der Waals surface area contributed by atoms with Gasteiger partial charge in [0.25, 0.3) is 0 Å². The van der Waals surface area contributed by atoms with Gasteiger partial charge in [0.1, 0.15) is 19.3 Å². The van der Waals surface area contributed by atoms with Crippen molar-refractivity contribution in [1.82, 2.24) is 0 Å². The first kappa shape index (κ1) is 89.1. The molecule has 91 heavy (non-hydrogen) atoms. The van der Waals surface area contributed by atoms with Crippen molar-refractivity contribution in [1.29, 1.82) is 0 Å². The number of aliphatic hydroxyl groups is 1. The van der Waals surface area contributed by atoms with E-state index in [1.165, 1.54) is 199 Å². The molecule has 5 atom stereocenters. The maximum absolute atomic E-state index is 13.0. The van der Waals surface area contributed by atoms with Gasteiger partial charge in [-0.05, 0) is 31.6 Å². The molecule has 0 bridgehead atoms. The lowest BCUT2D eigenvalue weighted by atomic mass is 10.0. The van der Waals surface area contributed by atoms with Crippen molar-refractivity contribution < 1.29 is 80.2 Å². The molecular formula is C72H140O17P2. The van der Waals surface area contributed by atoms with Crippen molar-refractivity contribution in [3.63, 3.8) is 0 Å². The van der Waals surface area contributed by atoms with Crippen molar-refractivity contribution in [2.45, 2.75) is 393 Å². The van der Waals surface area contributed by atoms with E-state index in [1.54, 1.807) is 0 Å².